The van der Waals surface area contributed by atoms with Gasteiger partial charge in [0.25, 0.3) is 0 Å². The third-order valence-corrected chi connectivity index (χ3v) is 3.71. The zero-order valence-corrected chi connectivity index (χ0v) is 12.1. The lowest BCUT2D eigenvalue weighted by molar-refractivity contribution is 0.231. The van der Waals surface area contributed by atoms with Crippen LogP contribution < -0.4 is 0 Å². The Hall–Kier alpha value is -0.870. The number of likely N-dealkylation sites (N-methyl/N-ethyl adjacent to an activating group) is 2. The van der Waals surface area contributed by atoms with E-state index in [-0.39, 0.29) is 0 Å². The molecule has 1 fully saturated rings. The molecule has 1 aliphatic heterocycles. The van der Waals surface area contributed by atoms with Crippen molar-refractivity contribution >= 4 is 0 Å². The molecule has 0 aliphatic carbocycles. The number of H-pyrrole nitrogens is 1. The SMILES string of the molecule is CC(C)Cc1cc(CN(C)[C@H]2CCN(C)C2)[nH]n1. The number of nitrogens with zero attached hydrogens (tertiary/aromatic N) is 3. The van der Waals surface area contributed by atoms with Gasteiger partial charge in [-0.25, -0.2) is 0 Å². The van der Waals surface area contributed by atoms with Crippen LogP contribution in [0.15, 0.2) is 6.07 Å². The second-order valence-electron chi connectivity index (χ2n) is 6.10. The van der Waals surface area contributed by atoms with Crippen LogP contribution >= 0.6 is 0 Å². The average Bonchev–Trinajstić information content (AvgIpc) is 2.87. The predicted octanol–water partition coefficient (Wildman–Crippen LogP) is 1.74. The number of hydrogen-bond acceptors (Lipinski definition) is 3. The smallest absolute Gasteiger partial charge is 0.0628 e. The van der Waals surface area contributed by atoms with Crippen molar-refractivity contribution in [1.82, 2.24) is 20.0 Å². The molecule has 0 saturated carbocycles. The van der Waals surface area contributed by atoms with Gasteiger partial charge in [-0.1, -0.05) is 13.8 Å². The van der Waals surface area contributed by atoms with E-state index in [4.69, 9.17) is 0 Å². The molecule has 1 N–H and O–H groups in total. The molecule has 1 aliphatic rings. The molecule has 18 heavy (non-hydrogen) atoms. The molecular formula is C14H26N4. The van der Waals surface area contributed by atoms with Gasteiger partial charge >= 0.3 is 0 Å². The van der Waals surface area contributed by atoms with Gasteiger partial charge in [0.2, 0.25) is 0 Å². The second-order valence-corrected chi connectivity index (χ2v) is 6.10. The van der Waals surface area contributed by atoms with Crippen molar-refractivity contribution in [3.63, 3.8) is 0 Å². The molecule has 2 rings (SSSR count). The van der Waals surface area contributed by atoms with Crippen LogP contribution in [0, 0.1) is 5.92 Å². The van der Waals surface area contributed by atoms with E-state index in [2.05, 4.69) is 54.0 Å². The molecule has 0 bridgehead atoms. The van der Waals surface area contributed by atoms with Crippen LogP contribution in [0.25, 0.3) is 0 Å². The van der Waals surface area contributed by atoms with Gasteiger partial charge in [0.1, 0.15) is 0 Å². The monoisotopic (exact) mass is 250 g/mol. The molecule has 2 heterocycles. The van der Waals surface area contributed by atoms with E-state index in [1.165, 1.54) is 30.9 Å². The Bertz CT molecular complexity index is 372. The minimum absolute atomic E-state index is 0.669. The van der Waals surface area contributed by atoms with Gasteiger partial charge in [-0.2, -0.15) is 5.10 Å². The third-order valence-electron chi connectivity index (χ3n) is 3.71. The molecule has 102 valence electrons. The van der Waals surface area contributed by atoms with E-state index in [0.717, 1.165) is 13.0 Å². The van der Waals surface area contributed by atoms with Crippen molar-refractivity contribution in [3.05, 3.63) is 17.5 Å². The summed E-state index contributed by atoms with van der Waals surface area (Å²) in [7, 11) is 4.41. The van der Waals surface area contributed by atoms with Crippen LogP contribution in [0.5, 0.6) is 0 Å². The zero-order chi connectivity index (χ0) is 13.1. The highest BCUT2D eigenvalue weighted by Gasteiger charge is 2.23. The van der Waals surface area contributed by atoms with Gasteiger partial charge in [0, 0.05) is 24.8 Å². The molecule has 0 unspecified atom stereocenters. The van der Waals surface area contributed by atoms with Gasteiger partial charge < -0.3 is 4.90 Å². The van der Waals surface area contributed by atoms with E-state index in [1.807, 2.05) is 0 Å². The van der Waals surface area contributed by atoms with Gasteiger partial charge in [0.15, 0.2) is 0 Å². The quantitative estimate of drug-likeness (QED) is 0.864. The normalized spacial score (nSPS) is 21.3. The summed E-state index contributed by atoms with van der Waals surface area (Å²) in [6.45, 7) is 7.84. The van der Waals surface area contributed by atoms with Crippen LogP contribution in [0.2, 0.25) is 0 Å². The Morgan fingerprint density at radius 1 is 1.56 bits per heavy atom. The molecule has 1 saturated heterocycles. The zero-order valence-electron chi connectivity index (χ0n) is 12.1. The molecule has 0 spiro atoms. The van der Waals surface area contributed by atoms with Crippen LogP contribution in [-0.4, -0.2) is 53.2 Å². The summed E-state index contributed by atoms with van der Waals surface area (Å²) in [5.41, 5.74) is 2.43. The first-order valence-corrected chi connectivity index (χ1v) is 6.96. The van der Waals surface area contributed by atoms with E-state index in [9.17, 15) is 0 Å². The van der Waals surface area contributed by atoms with Crippen molar-refractivity contribution in [2.45, 2.75) is 39.3 Å². The molecule has 0 radical (unpaired) electrons. The fourth-order valence-electron chi connectivity index (χ4n) is 2.68. The number of rotatable bonds is 5. The molecule has 1 atom stereocenters. The van der Waals surface area contributed by atoms with E-state index in [0.29, 0.717) is 12.0 Å². The summed E-state index contributed by atoms with van der Waals surface area (Å²) in [6.07, 6.45) is 2.34. The number of likely N-dealkylation sites (tertiary alicyclic amines) is 1. The second kappa shape index (κ2) is 5.85. The third kappa shape index (κ3) is 3.56. The molecule has 1 aromatic heterocycles. The maximum Gasteiger partial charge on any atom is 0.0628 e. The molecule has 4 heteroatoms. The van der Waals surface area contributed by atoms with Gasteiger partial charge in [0.05, 0.1) is 5.69 Å². The summed E-state index contributed by atoms with van der Waals surface area (Å²) in [5, 5.41) is 7.56. The van der Waals surface area contributed by atoms with Crippen molar-refractivity contribution in [3.8, 4) is 0 Å². The van der Waals surface area contributed by atoms with Gasteiger partial charge in [-0.05, 0) is 45.5 Å². The number of nitrogens with one attached hydrogen (secondary N) is 1. The molecular weight excluding hydrogens is 224 g/mol. The first-order valence-electron chi connectivity index (χ1n) is 6.96. The van der Waals surface area contributed by atoms with Crippen molar-refractivity contribution in [2.24, 2.45) is 5.92 Å². The van der Waals surface area contributed by atoms with E-state index < -0.39 is 0 Å². The fraction of sp³-hybridized carbons (Fsp3) is 0.786. The van der Waals surface area contributed by atoms with Crippen molar-refractivity contribution in [2.75, 3.05) is 27.2 Å². The first kappa shape index (κ1) is 13.6. The molecule has 4 nitrogen and oxygen atoms in total. The lowest BCUT2D eigenvalue weighted by Crippen LogP contribution is -2.33. The van der Waals surface area contributed by atoms with E-state index in [1.54, 1.807) is 0 Å². The summed E-state index contributed by atoms with van der Waals surface area (Å²) >= 11 is 0. The summed E-state index contributed by atoms with van der Waals surface area (Å²) in [4.78, 5) is 4.84. The minimum atomic E-state index is 0.669. The highest BCUT2D eigenvalue weighted by molar-refractivity contribution is 5.09. The van der Waals surface area contributed by atoms with Crippen molar-refractivity contribution < 1.29 is 0 Å². The Morgan fingerprint density at radius 3 is 2.94 bits per heavy atom. The Balaban J connectivity index is 1.87. The van der Waals surface area contributed by atoms with E-state index >= 15 is 0 Å². The highest BCUT2D eigenvalue weighted by atomic mass is 15.2. The number of hydrogen-bond donors (Lipinski definition) is 1. The maximum atomic E-state index is 4.39. The first-order chi connectivity index (χ1) is 8.54. The van der Waals surface area contributed by atoms with Crippen LogP contribution in [-0.2, 0) is 13.0 Å². The van der Waals surface area contributed by atoms with Crippen molar-refractivity contribution in [1.29, 1.82) is 0 Å². The fourth-order valence-corrected chi connectivity index (χ4v) is 2.68. The number of aromatic nitrogens is 2. The van der Waals surface area contributed by atoms with Gasteiger partial charge in [-0.3, -0.25) is 10.00 Å². The minimum Gasteiger partial charge on any atom is -0.305 e. The van der Waals surface area contributed by atoms with Crippen LogP contribution in [0.4, 0.5) is 0 Å². The summed E-state index contributed by atoms with van der Waals surface area (Å²) in [5.74, 6) is 0.669. The lowest BCUT2D eigenvalue weighted by atomic mass is 10.1. The van der Waals surface area contributed by atoms with Crippen LogP contribution in [0.1, 0.15) is 31.7 Å². The Kier molecular flexibility index (Phi) is 4.40. The maximum absolute atomic E-state index is 4.39. The highest BCUT2D eigenvalue weighted by Crippen LogP contribution is 2.15. The molecule has 0 aromatic carbocycles. The topological polar surface area (TPSA) is 35.2 Å². The largest absolute Gasteiger partial charge is 0.305 e. The van der Waals surface area contributed by atoms with Gasteiger partial charge in [-0.15, -0.1) is 0 Å². The summed E-state index contributed by atoms with van der Waals surface area (Å²) < 4.78 is 0. The standard InChI is InChI=1S/C14H26N4/c1-11(2)7-12-8-13(16-15-12)9-18(4)14-5-6-17(3)10-14/h8,11,14H,5-7,9-10H2,1-4H3,(H,15,16)/t14-/m0/s1. The Labute approximate surface area is 110 Å². The summed E-state index contributed by atoms with van der Waals surface area (Å²) in [6, 6.07) is 2.90. The molecule has 1 aromatic rings. The predicted molar refractivity (Wildman–Crippen MR) is 74.5 cm³/mol. The number of aromatic amines is 1. The van der Waals surface area contributed by atoms with Crippen LogP contribution in [0.3, 0.4) is 0 Å². The molecule has 0 amide bonds. The Morgan fingerprint density at radius 2 is 2.33 bits per heavy atom. The lowest BCUT2D eigenvalue weighted by Gasteiger charge is -2.23. The average molecular weight is 250 g/mol.